The van der Waals surface area contributed by atoms with E-state index in [1.165, 1.54) is 30.4 Å². The first-order chi connectivity index (χ1) is 18.4. The Morgan fingerprint density at radius 1 is 1.03 bits per heavy atom. The molecule has 1 fully saturated rings. The predicted molar refractivity (Wildman–Crippen MR) is 147 cm³/mol. The Morgan fingerprint density at radius 3 is 2.31 bits per heavy atom. The molecule has 0 aromatic heterocycles. The molecule has 1 aliphatic rings. The summed E-state index contributed by atoms with van der Waals surface area (Å²) in [4.78, 5) is 24.1. The van der Waals surface area contributed by atoms with Crippen LogP contribution in [0.3, 0.4) is 0 Å². The molecule has 6 nitrogen and oxygen atoms in total. The number of carbonyl (C=O) groups excluding carboxylic acids is 2. The van der Waals surface area contributed by atoms with Gasteiger partial charge in [0.1, 0.15) is 11.6 Å². The van der Waals surface area contributed by atoms with Crippen molar-refractivity contribution >= 4 is 11.9 Å². The lowest BCUT2D eigenvalue weighted by Crippen LogP contribution is -2.53. The highest BCUT2D eigenvalue weighted by Gasteiger charge is 2.35. The number of aliphatic hydroxyl groups is 1. The lowest BCUT2D eigenvalue weighted by atomic mass is 9.74. The lowest BCUT2D eigenvalue weighted by molar-refractivity contribution is -0.142. The van der Waals surface area contributed by atoms with Gasteiger partial charge in [-0.25, -0.2) is 8.78 Å². The van der Waals surface area contributed by atoms with Gasteiger partial charge in [-0.05, 0) is 53.5 Å². The number of hydrogen-bond donors (Lipinski definition) is 3. The summed E-state index contributed by atoms with van der Waals surface area (Å²) in [5.41, 5.74) is 2.38. The van der Waals surface area contributed by atoms with E-state index in [9.17, 15) is 23.5 Å². The first-order valence-electron chi connectivity index (χ1n) is 13.8. The number of carbonyl (C=O) groups is 2. The van der Waals surface area contributed by atoms with Crippen molar-refractivity contribution in [3.05, 3.63) is 70.8 Å². The van der Waals surface area contributed by atoms with E-state index < -0.39 is 35.7 Å². The monoisotopic (exact) mass is 544 g/mol. The number of halogens is 2. The smallest absolute Gasteiger partial charge is 0.306 e. The number of esters is 1. The van der Waals surface area contributed by atoms with Gasteiger partial charge in [-0.3, -0.25) is 9.59 Å². The van der Waals surface area contributed by atoms with Gasteiger partial charge in [0.05, 0.1) is 25.7 Å². The third-order valence-electron chi connectivity index (χ3n) is 7.61. The van der Waals surface area contributed by atoms with Crippen molar-refractivity contribution in [2.24, 2.45) is 0 Å². The van der Waals surface area contributed by atoms with Crippen molar-refractivity contribution in [1.29, 1.82) is 0 Å². The van der Waals surface area contributed by atoms with E-state index >= 15 is 0 Å². The topological polar surface area (TPSA) is 87.7 Å². The summed E-state index contributed by atoms with van der Waals surface area (Å²) in [6.07, 6.45) is 3.83. The highest BCUT2D eigenvalue weighted by Crippen LogP contribution is 2.38. The van der Waals surface area contributed by atoms with Crippen LogP contribution >= 0.6 is 0 Å². The standard InChI is InChI=1S/C31H42F2N2O4/c1-30(2,3)22-9-8-10-23(18-22)31(13-6-5-7-14-31)34-20-27(36)26(35-28(37)11-12-29(38)39-4)17-21-15-24(32)19-25(33)16-21/h8-10,15-16,18-19,26-27,34,36H,5-7,11-14,17,20H2,1-4H3,(H,35,37). The van der Waals surface area contributed by atoms with Gasteiger partial charge in [0.2, 0.25) is 5.91 Å². The molecule has 0 spiro atoms. The van der Waals surface area contributed by atoms with Gasteiger partial charge < -0.3 is 20.5 Å². The molecule has 0 aliphatic heterocycles. The largest absolute Gasteiger partial charge is 0.469 e. The van der Waals surface area contributed by atoms with Crippen LogP contribution in [-0.4, -0.2) is 42.8 Å². The Kier molecular flexibility index (Phi) is 10.6. The summed E-state index contributed by atoms with van der Waals surface area (Å²) in [7, 11) is 1.25. The lowest BCUT2D eigenvalue weighted by Gasteiger charge is -2.41. The number of nitrogens with one attached hydrogen (secondary N) is 2. The molecule has 0 saturated heterocycles. The Labute approximate surface area is 230 Å². The Balaban J connectivity index is 1.81. The first-order valence-corrected chi connectivity index (χ1v) is 13.8. The molecule has 3 N–H and O–H groups in total. The van der Waals surface area contributed by atoms with Crippen molar-refractivity contribution in [3.63, 3.8) is 0 Å². The Bertz CT molecular complexity index is 1110. The van der Waals surface area contributed by atoms with Gasteiger partial charge in [-0.1, -0.05) is 64.3 Å². The predicted octanol–water partition coefficient (Wildman–Crippen LogP) is 5.05. The minimum absolute atomic E-state index is 0.00874. The molecule has 39 heavy (non-hydrogen) atoms. The Hall–Kier alpha value is -2.84. The van der Waals surface area contributed by atoms with Crippen LogP contribution in [0.1, 0.15) is 82.4 Å². The quantitative estimate of drug-likeness (QED) is 0.345. The SMILES string of the molecule is COC(=O)CCC(=O)NC(Cc1cc(F)cc(F)c1)C(O)CNC1(c2cccc(C(C)(C)C)c2)CCCCC1. The molecule has 2 atom stereocenters. The zero-order valence-corrected chi connectivity index (χ0v) is 23.5. The van der Waals surface area contributed by atoms with Gasteiger partial charge in [-0.15, -0.1) is 0 Å². The molecule has 214 valence electrons. The van der Waals surface area contributed by atoms with E-state index in [2.05, 4.69) is 60.4 Å². The van der Waals surface area contributed by atoms with Crippen molar-refractivity contribution < 1.29 is 28.2 Å². The van der Waals surface area contributed by atoms with Crippen LogP contribution in [0.5, 0.6) is 0 Å². The van der Waals surface area contributed by atoms with Gasteiger partial charge in [-0.2, -0.15) is 0 Å². The number of methoxy groups -OCH3 is 1. The van der Waals surface area contributed by atoms with E-state index in [0.717, 1.165) is 38.2 Å². The van der Waals surface area contributed by atoms with Gasteiger partial charge >= 0.3 is 5.97 Å². The minimum atomic E-state index is -1.05. The van der Waals surface area contributed by atoms with Crippen molar-refractivity contribution in [3.8, 4) is 0 Å². The Morgan fingerprint density at radius 2 is 1.69 bits per heavy atom. The third kappa shape index (κ3) is 8.83. The van der Waals surface area contributed by atoms with Crippen LogP contribution in [-0.2, 0) is 31.7 Å². The summed E-state index contributed by atoms with van der Waals surface area (Å²) in [5.74, 6) is -2.43. The average molecular weight is 545 g/mol. The summed E-state index contributed by atoms with van der Waals surface area (Å²) in [5, 5.41) is 17.7. The van der Waals surface area contributed by atoms with E-state index in [-0.39, 0.29) is 36.8 Å². The highest BCUT2D eigenvalue weighted by molar-refractivity contribution is 5.81. The van der Waals surface area contributed by atoms with E-state index in [4.69, 9.17) is 0 Å². The molecule has 0 heterocycles. The second-order valence-corrected chi connectivity index (χ2v) is 11.7. The molecular formula is C31H42F2N2O4. The normalized spacial score (nSPS) is 16.8. The molecule has 2 aromatic carbocycles. The maximum atomic E-state index is 13.9. The highest BCUT2D eigenvalue weighted by atomic mass is 19.1. The third-order valence-corrected chi connectivity index (χ3v) is 7.61. The van der Waals surface area contributed by atoms with Gasteiger partial charge in [0.25, 0.3) is 0 Å². The summed E-state index contributed by atoms with van der Waals surface area (Å²) in [6, 6.07) is 10.9. The molecule has 1 aliphatic carbocycles. The molecule has 1 amide bonds. The van der Waals surface area contributed by atoms with Crippen molar-refractivity contribution in [1.82, 2.24) is 10.6 Å². The number of amides is 1. The summed E-state index contributed by atoms with van der Waals surface area (Å²) in [6.45, 7) is 6.71. The fourth-order valence-corrected chi connectivity index (χ4v) is 5.31. The molecular weight excluding hydrogens is 502 g/mol. The number of hydrogen-bond acceptors (Lipinski definition) is 5. The minimum Gasteiger partial charge on any atom is -0.469 e. The second-order valence-electron chi connectivity index (χ2n) is 11.7. The van der Waals surface area contributed by atoms with Crippen LogP contribution in [0, 0.1) is 11.6 Å². The number of ether oxygens (including phenoxy) is 1. The fourth-order valence-electron chi connectivity index (χ4n) is 5.31. The molecule has 3 rings (SSSR count). The zero-order chi connectivity index (χ0) is 28.6. The average Bonchev–Trinajstić information content (AvgIpc) is 2.89. The summed E-state index contributed by atoms with van der Waals surface area (Å²) >= 11 is 0. The van der Waals surface area contributed by atoms with Crippen LogP contribution in [0.2, 0.25) is 0 Å². The van der Waals surface area contributed by atoms with Crippen LogP contribution < -0.4 is 10.6 Å². The molecule has 0 radical (unpaired) electrons. The van der Waals surface area contributed by atoms with Crippen molar-refractivity contribution in [2.75, 3.05) is 13.7 Å². The zero-order valence-electron chi connectivity index (χ0n) is 23.5. The first kappa shape index (κ1) is 30.7. The number of benzene rings is 2. The number of rotatable bonds is 11. The molecule has 2 unspecified atom stereocenters. The second kappa shape index (κ2) is 13.5. The van der Waals surface area contributed by atoms with E-state index in [1.54, 1.807) is 0 Å². The van der Waals surface area contributed by atoms with E-state index in [0.29, 0.717) is 5.56 Å². The molecule has 2 aromatic rings. The molecule has 1 saturated carbocycles. The van der Waals surface area contributed by atoms with Crippen LogP contribution in [0.15, 0.2) is 42.5 Å². The van der Waals surface area contributed by atoms with Gasteiger partial charge in [0.15, 0.2) is 0 Å². The maximum absolute atomic E-state index is 13.9. The van der Waals surface area contributed by atoms with Gasteiger partial charge in [0, 0.05) is 24.6 Å². The number of aliphatic hydroxyl groups excluding tert-OH is 1. The van der Waals surface area contributed by atoms with E-state index in [1.807, 2.05) is 0 Å². The van der Waals surface area contributed by atoms with Crippen molar-refractivity contribution in [2.45, 2.75) is 95.2 Å². The summed E-state index contributed by atoms with van der Waals surface area (Å²) < 4.78 is 32.4. The fraction of sp³-hybridized carbons (Fsp3) is 0.548. The van der Waals surface area contributed by atoms with Crippen LogP contribution in [0.4, 0.5) is 8.78 Å². The van der Waals surface area contributed by atoms with Crippen LogP contribution in [0.25, 0.3) is 0 Å². The molecule has 8 heteroatoms. The molecule has 0 bridgehead atoms. The maximum Gasteiger partial charge on any atom is 0.306 e.